The van der Waals surface area contributed by atoms with E-state index in [0.717, 1.165) is 5.56 Å². The van der Waals surface area contributed by atoms with Gasteiger partial charge in [0.2, 0.25) is 6.54 Å². The molecule has 30 heavy (non-hydrogen) atoms. The smallest absolute Gasteiger partial charge is 0.259 e. The molecule has 1 aromatic rings. The van der Waals surface area contributed by atoms with Crippen LogP contribution >= 0.6 is 8.53 Å². The van der Waals surface area contributed by atoms with Crippen LogP contribution in [0.4, 0.5) is 0 Å². The van der Waals surface area contributed by atoms with E-state index in [4.69, 9.17) is 20.0 Å². The minimum atomic E-state index is -1.75. The number of nitrogens with zero attached hydrogens (tertiary/aromatic N) is 2. The van der Waals surface area contributed by atoms with E-state index in [2.05, 4.69) is 95.3 Å². The van der Waals surface area contributed by atoms with Gasteiger partial charge in [-0.15, -0.1) is 0 Å². The normalized spacial score (nSPS) is 13.8. The predicted molar refractivity (Wildman–Crippen MR) is 130 cm³/mol. The van der Waals surface area contributed by atoms with Crippen molar-refractivity contribution in [3.8, 4) is 0 Å². The minimum Gasteiger partial charge on any atom is -0.413 e. The quantitative estimate of drug-likeness (QED) is 0.148. The first-order valence-corrected chi connectivity index (χ1v) is 14.8. The van der Waals surface area contributed by atoms with Gasteiger partial charge in [-0.25, -0.2) is 11.2 Å². The van der Waals surface area contributed by atoms with Crippen molar-refractivity contribution in [1.29, 1.82) is 0 Å². The Morgan fingerprint density at radius 1 is 0.967 bits per heavy atom. The molecule has 0 spiro atoms. The van der Waals surface area contributed by atoms with E-state index in [-0.39, 0.29) is 5.04 Å². The van der Waals surface area contributed by atoms with E-state index in [9.17, 15) is 0 Å². The van der Waals surface area contributed by atoms with Crippen molar-refractivity contribution in [1.82, 2.24) is 4.67 Å². The van der Waals surface area contributed by atoms with Gasteiger partial charge in [0.15, 0.2) is 8.32 Å². The van der Waals surface area contributed by atoms with Gasteiger partial charge in [0.25, 0.3) is 8.53 Å². The zero-order chi connectivity index (χ0) is 22.9. The summed E-state index contributed by atoms with van der Waals surface area (Å²) in [5, 5.41) is 0.212. The van der Waals surface area contributed by atoms with Crippen LogP contribution in [0.3, 0.4) is 0 Å². The Bertz CT molecular complexity index is 659. The Labute approximate surface area is 187 Å². The van der Waals surface area contributed by atoms with Gasteiger partial charge in [-0.3, -0.25) is 0 Å². The first kappa shape index (κ1) is 27.2. The second-order valence-corrected chi connectivity index (χ2v) is 15.9. The Morgan fingerprint density at radius 3 is 1.90 bits per heavy atom. The van der Waals surface area contributed by atoms with E-state index in [0.29, 0.717) is 38.4 Å². The van der Waals surface area contributed by atoms with Gasteiger partial charge in [0, 0.05) is 12.1 Å². The van der Waals surface area contributed by atoms with Crippen LogP contribution in [-0.4, -0.2) is 38.2 Å². The van der Waals surface area contributed by atoms with Gasteiger partial charge in [0.1, 0.15) is 6.61 Å². The summed E-state index contributed by atoms with van der Waals surface area (Å²) in [4.78, 5) is 3.39. The van der Waals surface area contributed by atoms with Gasteiger partial charge >= 0.3 is 0 Å². The number of benzene rings is 1. The molecule has 0 radical (unpaired) electrons. The zero-order valence-corrected chi connectivity index (χ0v) is 22.3. The molecule has 5 nitrogen and oxygen atoms in total. The van der Waals surface area contributed by atoms with Gasteiger partial charge in [-0.1, -0.05) is 45.0 Å². The lowest BCUT2D eigenvalue weighted by molar-refractivity contribution is 0.173. The summed E-state index contributed by atoms with van der Waals surface area (Å²) in [7, 11) is -2.96. The van der Waals surface area contributed by atoms with Crippen LogP contribution in [0.15, 0.2) is 24.3 Å². The van der Waals surface area contributed by atoms with Gasteiger partial charge in [-0.05, 0) is 57.0 Å². The Balaban J connectivity index is 2.72. The molecule has 0 aliphatic rings. The summed E-state index contributed by atoms with van der Waals surface area (Å²) in [6, 6.07) is 9.06. The predicted octanol–water partition coefficient (Wildman–Crippen LogP) is 7.01. The van der Waals surface area contributed by atoms with Crippen LogP contribution in [0.2, 0.25) is 18.1 Å². The number of hydrogen-bond donors (Lipinski definition) is 0. The van der Waals surface area contributed by atoms with Crippen molar-refractivity contribution in [2.24, 2.45) is 0 Å². The molecular weight excluding hydrogens is 411 g/mol. The fraction of sp³-hybridized carbons (Fsp3) is 0.696. The highest BCUT2D eigenvalue weighted by Gasteiger charge is 2.37. The summed E-state index contributed by atoms with van der Waals surface area (Å²) in [6.45, 7) is 28.8. The molecule has 0 N–H and O–H groups in total. The lowest BCUT2D eigenvalue weighted by Gasteiger charge is -2.36. The summed E-state index contributed by atoms with van der Waals surface area (Å²) >= 11 is 0. The SMILES string of the molecule is [C-]#[N+]CCOP(OCc1ccc(CO[Si](C)(C)C(C)(C)C)cc1)N(C(C)C)C(C)C. The van der Waals surface area contributed by atoms with Crippen LogP contribution in [0.5, 0.6) is 0 Å². The average Bonchev–Trinajstić information content (AvgIpc) is 2.63. The van der Waals surface area contributed by atoms with Gasteiger partial charge < -0.3 is 18.3 Å². The van der Waals surface area contributed by atoms with Crippen LogP contribution in [0.1, 0.15) is 59.6 Å². The van der Waals surface area contributed by atoms with Crippen molar-refractivity contribution in [2.75, 3.05) is 13.2 Å². The molecule has 0 bridgehead atoms. The summed E-state index contributed by atoms with van der Waals surface area (Å²) in [5.74, 6) is 0. The molecule has 0 saturated heterocycles. The summed E-state index contributed by atoms with van der Waals surface area (Å²) in [6.07, 6.45) is 0. The fourth-order valence-electron chi connectivity index (χ4n) is 2.65. The Morgan fingerprint density at radius 2 is 1.47 bits per heavy atom. The molecule has 0 fully saturated rings. The van der Waals surface area contributed by atoms with Crippen molar-refractivity contribution in [3.63, 3.8) is 0 Å². The van der Waals surface area contributed by atoms with Crippen molar-refractivity contribution < 1.29 is 13.5 Å². The third-order valence-electron chi connectivity index (χ3n) is 5.42. The van der Waals surface area contributed by atoms with Crippen molar-refractivity contribution >= 4 is 16.8 Å². The summed E-state index contributed by atoms with van der Waals surface area (Å²) < 4.78 is 20.7. The van der Waals surface area contributed by atoms with E-state index < -0.39 is 16.8 Å². The van der Waals surface area contributed by atoms with Crippen molar-refractivity contribution in [3.05, 3.63) is 46.8 Å². The maximum absolute atomic E-state index is 6.98. The molecule has 0 saturated carbocycles. The molecule has 170 valence electrons. The fourth-order valence-corrected chi connectivity index (χ4v) is 5.20. The Kier molecular flexibility index (Phi) is 11.2. The van der Waals surface area contributed by atoms with E-state index in [1.165, 1.54) is 5.56 Å². The third-order valence-corrected chi connectivity index (χ3v) is 12.0. The first-order valence-electron chi connectivity index (χ1n) is 10.8. The van der Waals surface area contributed by atoms with Crippen LogP contribution in [0.25, 0.3) is 4.85 Å². The standard InChI is InChI=1S/C23H41N2O3PSi/c1-19(2)25(20(3)4)29(26-16-15-24-8)27-17-21-11-13-22(14-12-21)18-28-30(9,10)23(5,6)7/h11-14,19-20H,15-18H2,1-7,9-10H3. The highest BCUT2D eigenvalue weighted by molar-refractivity contribution is 7.44. The topological polar surface area (TPSA) is 35.3 Å². The molecular formula is C23H41N2O3PSi. The second kappa shape index (κ2) is 12.3. The van der Waals surface area contributed by atoms with Crippen LogP contribution in [-0.2, 0) is 26.7 Å². The Hall–Kier alpha value is -0.803. The second-order valence-electron chi connectivity index (χ2n) is 9.66. The minimum absolute atomic E-state index is 0.212. The molecule has 0 amide bonds. The molecule has 1 unspecified atom stereocenters. The lowest BCUT2D eigenvalue weighted by atomic mass is 10.1. The highest BCUT2D eigenvalue weighted by atomic mass is 31.2. The molecule has 7 heteroatoms. The van der Waals surface area contributed by atoms with Crippen LogP contribution < -0.4 is 0 Å². The molecule has 0 aliphatic heterocycles. The maximum atomic E-state index is 6.98. The third kappa shape index (κ3) is 8.75. The summed E-state index contributed by atoms with van der Waals surface area (Å²) in [5.41, 5.74) is 2.30. The first-order chi connectivity index (χ1) is 13.9. The molecule has 0 aromatic heterocycles. The van der Waals surface area contributed by atoms with E-state index >= 15 is 0 Å². The monoisotopic (exact) mass is 452 g/mol. The zero-order valence-electron chi connectivity index (χ0n) is 20.4. The molecule has 1 atom stereocenters. The molecule has 0 aliphatic carbocycles. The lowest BCUT2D eigenvalue weighted by Crippen LogP contribution is -2.40. The number of rotatable bonds is 12. The van der Waals surface area contributed by atoms with Gasteiger partial charge in [0.05, 0.1) is 13.2 Å². The van der Waals surface area contributed by atoms with E-state index in [1.807, 2.05) is 0 Å². The highest BCUT2D eigenvalue weighted by Crippen LogP contribution is 2.46. The number of hydrogen-bond acceptors (Lipinski definition) is 4. The van der Waals surface area contributed by atoms with E-state index in [1.54, 1.807) is 0 Å². The van der Waals surface area contributed by atoms with Crippen LogP contribution in [0, 0.1) is 6.57 Å². The maximum Gasteiger partial charge on any atom is 0.259 e. The average molecular weight is 453 g/mol. The largest absolute Gasteiger partial charge is 0.413 e. The molecule has 0 heterocycles. The van der Waals surface area contributed by atoms with Crippen molar-refractivity contribution in [2.45, 2.75) is 91.9 Å². The molecule has 1 rings (SSSR count). The molecule has 1 aromatic carbocycles. The van der Waals surface area contributed by atoms with Gasteiger partial charge in [-0.2, -0.15) is 0 Å².